The molecule has 96 valence electrons. The Kier molecular flexibility index (Phi) is 3.57. The fourth-order valence-corrected chi connectivity index (χ4v) is 1.84. The number of aliphatic carboxylic acids is 1. The van der Waals surface area contributed by atoms with Crippen LogP contribution < -0.4 is 5.32 Å². The minimum absolute atomic E-state index is 0.324. The van der Waals surface area contributed by atoms with Gasteiger partial charge in [0.15, 0.2) is 6.10 Å². The number of aromatic nitrogens is 1. The van der Waals surface area contributed by atoms with Crippen LogP contribution in [0.15, 0.2) is 18.3 Å². The van der Waals surface area contributed by atoms with Gasteiger partial charge in [0.2, 0.25) is 0 Å². The van der Waals surface area contributed by atoms with Crippen molar-refractivity contribution >= 4 is 17.6 Å². The number of anilines is 1. The lowest BCUT2D eigenvalue weighted by Crippen LogP contribution is -2.30. The topological polar surface area (TPSA) is 88.5 Å². The Bertz CT molecular complexity index is 475. The predicted molar refractivity (Wildman–Crippen MR) is 63.1 cm³/mol. The van der Waals surface area contributed by atoms with E-state index in [1.807, 2.05) is 0 Å². The SMILES string of the molecule is Cc1ncccc1NC(=O)C1CCC(C(=O)O)O1. The molecule has 6 nitrogen and oxygen atoms in total. The molecule has 0 saturated carbocycles. The van der Waals surface area contributed by atoms with Gasteiger partial charge in [-0.3, -0.25) is 9.78 Å². The molecule has 6 heteroatoms. The monoisotopic (exact) mass is 250 g/mol. The van der Waals surface area contributed by atoms with Crippen LogP contribution in [-0.2, 0) is 14.3 Å². The molecule has 0 radical (unpaired) electrons. The molecule has 2 rings (SSSR count). The highest BCUT2D eigenvalue weighted by molar-refractivity contribution is 5.95. The Morgan fingerprint density at radius 1 is 1.44 bits per heavy atom. The molecule has 0 spiro atoms. The summed E-state index contributed by atoms with van der Waals surface area (Å²) in [5.41, 5.74) is 1.32. The summed E-state index contributed by atoms with van der Waals surface area (Å²) >= 11 is 0. The molecular weight excluding hydrogens is 236 g/mol. The zero-order chi connectivity index (χ0) is 13.1. The van der Waals surface area contributed by atoms with Gasteiger partial charge >= 0.3 is 5.97 Å². The summed E-state index contributed by atoms with van der Waals surface area (Å²) in [6.45, 7) is 1.78. The highest BCUT2D eigenvalue weighted by Crippen LogP contribution is 2.21. The van der Waals surface area contributed by atoms with Crippen molar-refractivity contribution in [1.82, 2.24) is 4.98 Å². The maximum absolute atomic E-state index is 11.9. The van der Waals surface area contributed by atoms with Crippen molar-refractivity contribution in [3.8, 4) is 0 Å². The molecule has 1 aromatic heterocycles. The maximum atomic E-state index is 11.9. The van der Waals surface area contributed by atoms with E-state index in [0.717, 1.165) is 0 Å². The highest BCUT2D eigenvalue weighted by atomic mass is 16.5. The third-order valence-electron chi connectivity index (χ3n) is 2.85. The zero-order valence-electron chi connectivity index (χ0n) is 9.92. The van der Waals surface area contributed by atoms with Crippen molar-refractivity contribution in [2.24, 2.45) is 0 Å². The smallest absolute Gasteiger partial charge is 0.332 e. The number of carbonyl (C=O) groups is 2. The average Bonchev–Trinajstić information content (AvgIpc) is 2.81. The molecule has 2 unspecified atom stereocenters. The number of hydrogen-bond acceptors (Lipinski definition) is 4. The third kappa shape index (κ3) is 2.65. The molecule has 1 aliphatic heterocycles. The van der Waals surface area contributed by atoms with E-state index in [2.05, 4.69) is 10.3 Å². The Morgan fingerprint density at radius 3 is 2.78 bits per heavy atom. The number of hydrogen-bond donors (Lipinski definition) is 2. The summed E-state index contributed by atoms with van der Waals surface area (Å²) in [5.74, 6) is -1.35. The van der Waals surface area contributed by atoms with E-state index in [9.17, 15) is 9.59 Å². The van der Waals surface area contributed by atoms with Gasteiger partial charge in [-0.25, -0.2) is 4.79 Å². The molecule has 1 amide bonds. The first-order valence-electron chi connectivity index (χ1n) is 5.68. The van der Waals surface area contributed by atoms with E-state index < -0.39 is 18.2 Å². The number of pyridine rings is 1. The number of amides is 1. The molecule has 1 fully saturated rings. The van der Waals surface area contributed by atoms with E-state index in [0.29, 0.717) is 24.2 Å². The predicted octanol–water partition coefficient (Wildman–Crippen LogP) is 0.961. The van der Waals surface area contributed by atoms with Gasteiger partial charge in [0.05, 0.1) is 11.4 Å². The van der Waals surface area contributed by atoms with E-state index in [-0.39, 0.29) is 5.91 Å². The molecule has 1 aromatic rings. The van der Waals surface area contributed by atoms with Gasteiger partial charge < -0.3 is 15.2 Å². The molecule has 2 atom stereocenters. The Hall–Kier alpha value is -1.95. The molecule has 0 aliphatic carbocycles. The average molecular weight is 250 g/mol. The number of carboxylic acid groups (broad SMARTS) is 1. The molecule has 18 heavy (non-hydrogen) atoms. The van der Waals surface area contributed by atoms with Crippen molar-refractivity contribution in [1.29, 1.82) is 0 Å². The first-order chi connectivity index (χ1) is 8.58. The number of rotatable bonds is 3. The second kappa shape index (κ2) is 5.14. The lowest BCUT2D eigenvalue weighted by atomic mass is 10.2. The van der Waals surface area contributed by atoms with Gasteiger partial charge in [-0.2, -0.15) is 0 Å². The molecular formula is C12H14N2O4. The summed E-state index contributed by atoms with van der Waals surface area (Å²) in [6, 6.07) is 3.46. The number of carbonyl (C=O) groups excluding carboxylic acids is 1. The standard InChI is InChI=1S/C12H14N2O4/c1-7-8(3-2-6-13-7)14-11(15)9-4-5-10(18-9)12(16)17/h2-3,6,9-10H,4-5H2,1H3,(H,14,15)(H,16,17). The van der Waals surface area contributed by atoms with Gasteiger partial charge in [0.1, 0.15) is 6.10 Å². The van der Waals surface area contributed by atoms with E-state index in [4.69, 9.17) is 9.84 Å². The number of nitrogens with zero attached hydrogens (tertiary/aromatic N) is 1. The highest BCUT2D eigenvalue weighted by Gasteiger charge is 2.34. The summed E-state index contributed by atoms with van der Waals surface area (Å²) in [6.07, 6.45) is 0.834. The Balaban J connectivity index is 1.98. The van der Waals surface area contributed by atoms with Crippen molar-refractivity contribution in [3.63, 3.8) is 0 Å². The summed E-state index contributed by atoms with van der Waals surface area (Å²) < 4.78 is 5.16. The first kappa shape index (κ1) is 12.5. The fourth-order valence-electron chi connectivity index (χ4n) is 1.84. The number of ether oxygens (including phenoxy) is 1. The molecule has 1 aliphatic rings. The molecule has 1 saturated heterocycles. The van der Waals surface area contributed by atoms with Crippen molar-refractivity contribution in [2.75, 3.05) is 5.32 Å². The summed E-state index contributed by atoms with van der Waals surface area (Å²) in [4.78, 5) is 26.6. The number of aryl methyl sites for hydroxylation is 1. The largest absolute Gasteiger partial charge is 0.479 e. The quantitative estimate of drug-likeness (QED) is 0.834. The van der Waals surface area contributed by atoms with Gasteiger partial charge in [0, 0.05) is 6.20 Å². The van der Waals surface area contributed by atoms with E-state index >= 15 is 0 Å². The number of carboxylic acids is 1. The van der Waals surface area contributed by atoms with Crippen LogP contribution in [0.4, 0.5) is 5.69 Å². The van der Waals surface area contributed by atoms with Crippen LogP contribution in [0, 0.1) is 6.92 Å². The van der Waals surface area contributed by atoms with Gasteiger partial charge in [0.25, 0.3) is 5.91 Å². The van der Waals surface area contributed by atoms with Crippen molar-refractivity contribution in [2.45, 2.75) is 32.0 Å². The van der Waals surface area contributed by atoms with Crippen LogP contribution in [0.5, 0.6) is 0 Å². The lowest BCUT2D eigenvalue weighted by Gasteiger charge is -2.12. The maximum Gasteiger partial charge on any atom is 0.332 e. The third-order valence-corrected chi connectivity index (χ3v) is 2.85. The fraction of sp³-hybridized carbons (Fsp3) is 0.417. The van der Waals surface area contributed by atoms with Crippen molar-refractivity contribution < 1.29 is 19.4 Å². The zero-order valence-corrected chi connectivity index (χ0v) is 9.92. The normalized spacial score (nSPS) is 22.7. The summed E-state index contributed by atoms with van der Waals surface area (Å²) in [7, 11) is 0. The Morgan fingerprint density at radius 2 is 2.17 bits per heavy atom. The second-order valence-corrected chi connectivity index (χ2v) is 4.15. The van der Waals surface area contributed by atoms with Gasteiger partial charge in [-0.1, -0.05) is 0 Å². The minimum atomic E-state index is -1.03. The lowest BCUT2D eigenvalue weighted by molar-refractivity contribution is -0.150. The van der Waals surface area contributed by atoms with Crippen LogP contribution in [0.25, 0.3) is 0 Å². The summed E-state index contributed by atoms with van der Waals surface area (Å²) in [5, 5.41) is 11.5. The second-order valence-electron chi connectivity index (χ2n) is 4.15. The van der Waals surface area contributed by atoms with Crippen LogP contribution in [0.1, 0.15) is 18.5 Å². The van der Waals surface area contributed by atoms with Crippen LogP contribution >= 0.6 is 0 Å². The first-order valence-corrected chi connectivity index (χ1v) is 5.68. The van der Waals surface area contributed by atoms with Gasteiger partial charge in [-0.15, -0.1) is 0 Å². The Labute approximate surface area is 104 Å². The van der Waals surface area contributed by atoms with Crippen LogP contribution in [-0.4, -0.2) is 34.2 Å². The van der Waals surface area contributed by atoms with Crippen LogP contribution in [0.3, 0.4) is 0 Å². The molecule has 2 N–H and O–H groups in total. The van der Waals surface area contributed by atoms with E-state index in [1.54, 1.807) is 25.3 Å². The minimum Gasteiger partial charge on any atom is -0.479 e. The van der Waals surface area contributed by atoms with Gasteiger partial charge in [-0.05, 0) is 31.9 Å². The van der Waals surface area contributed by atoms with E-state index in [1.165, 1.54) is 0 Å². The number of nitrogens with one attached hydrogen (secondary N) is 1. The molecule has 2 heterocycles. The molecule has 0 bridgehead atoms. The molecule has 0 aromatic carbocycles. The van der Waals surface area contributed by atoms with Crippen molar-refractivity contribution in [3.05, 3.63) is 24.0 Å². The van der Waals surface area contributed by atoms with Crippen LogP contribution in [0.2, 0.25) is 0 Å².